The Bertz CT molecular complexity index is 1020. The summed E-state index contributed by atoms with van der Waals surface area (Å²) in [5.74, 6) is -0.174. The van der Waals surface area contributed by atoms with Crippen molar-refractivity contribution in [3.63, 3.8) is 0 Å². The number of aromatic nitrogens is 2. The predicted octanol–water partition coefficient (Wildman–Crippen LogP) is 2.30. The van der Waals surface area contributed by atoms with Gasteiger partial charge in [0.25, 0.3) is 11.5 Å². The summed E-state index contributed by atoms with van der Waals surface area (Å²) >= 11 is 1.26. The molecule has 7 heteroatoms. The summed E-state index contributed by atoms with van der Waals surface area (Å²) in [7, 11) is 5.69. The maximum atomic E-state index is 12.7. The molecule has 6 nitrogen and oxygen atoms in total. The molecule has 0 aliphatic rings. The molecule has 2 aromatic heterocycles. The first-order valence-corrected chi connectivity index (χ1v) is 9.14. The summed E-state index contributed by atoms with van der Waals surface area (Å²) in [5.41, 5.74) is 2.83. The average Bonchev–Trinajstić information content (AvgIpc) is 2.94. The number of aryl methyl sites for hydroxylation is 2. The van der Waals surface area contributed by atoms with Crippen LogP contribution >= 0.6 is 11.3 Å². The van der Waals surface area contributed by atoms with Crippen LogP contribution in [0.3, 0.4) is 0 Å². The minimum Gasteiger partial charge on any atom is -0.347 e. The lowest BCUT2D eigenvalue weighted by Crippen LogP contribution is -2.24. The van der Waals surface area contributed by atoms with Crippen molar-refractivity contribution in [3.8, 4) is 0 Å². The lowest BCUT2D eigenvalue weighted by atomic mass is 10.1. The Hall–Kier alpha value is -2.51. The van der Waals surface area contributed by atoms with Crippen LogP contribution in [0.25, 0.3) is 10.2 Å². The number of benzene rings is 1. The number of nitrogens with one attached hydrogen (secondary N) is 1. The van der Waals surface area contributed by atoms with Crippen LogP contribution in [0.4, 0.5) is 0 Å². The molecule has 0 radical (unpaired) electrons. The molecule has 0 fully saturated rings. The third-order valence-corrected chi connectivity index (χ3v) is 5.46. The highest BCUT2D eigenvalue weighted by molar-refractivity contribution is 7.20. The SMILES string of the molecule is Cc1c(C(=O)NCc2ccccc2CN(C)C)sc2ncn(C)c(=O)c12. The molecule has 0 bridgehead atoms. The second-order valence-electron chi connectivity index (χ2n) is 6.59. The van der Waals surface area contributed by atoms with Crippen LogP contribution in [0.2, 0.25) is 0 Å². The van der Waals surface area contributed by atoms with E-state index in [2.05, 4.69) is 21.3 Å². The number of fused-ring (bicyclic) bond motifs is 1. The zero-order chi connectivity index (χ0) is 18.8. The number of rotatable bonds is 5. The van der Waals surface area contributed by atoms with Crippen LogP contribution in [-0.2, 0) is 20.1 Å². The number of thiophene rings is 1. The van der Waals surface area contributed by atoms with Gasteiger partial charge in [0.15, 0.2) is 0 Å². The number of carbonyl (C=O) groups is 1. The third-order valence-electron chi connectivity index (χ3n) is 4.26. The van der Waals surface area contributed by atoms with Crippen molar-refractivity contribution < 1.29 is 4.79 Å². The molecule has 0 aliphatic carbocycles. The predicted molar refractivity (Wildman–Crippen MR) is 105 cm³/mol. The van der Waals surface area contributed by atoms with Crippen LogP contribution in [0.5, 0.6) is 0 Å². The summed E-state index contributed by atoms with van der Waals surface area (Å²) in [4.78, 5) is 32.5. The average molecular weight is 370 g/mol. The van der Waals surface area contributed by atoms with Gasteiger partial charge in [-0.2, -0.15) is 0 Å². The van der Waals surface area contributed by atoms with E-state index in [0.717, 1.165) is 12.1 Å². The van der Waals surface area contributed by atoms with E-state index >= 15 is 0 Å². The van der Waals surface area contributed by atoms with Crippen molar-refractivity contribution in [3.05, 3.63) is 62.5 Å². The van der Waals surface area contributed by atoms with E-state index in [0.29, 0.717) is 27.2 Å². The molecule has 3 aromatic rings. The Kier molecular flexibility index (Phi) is 5.20. The van der Waals surface area contributed by atoms with E-state index in [1.54, 1.807) is 14.0 Å². The van der Waals surface area contributed by atoms with Crippen LogP contribution in [0.1, 0.15) is 26.4 Å². The van der Waals surface area contributed by atoms with Crippen molar-refractivity contribution in [2.75, 3.05) is 14.1 Å². The van der Waals surface area contributed by atoms with E-state index in [4.69, 9.17) is 0 Å². The molecule has 2 heterocycles. The largest absolute Gasteiger partial charge is 0.347 e. The lowest BCUT2D eigenvalue weighted by molar-refractivity contribution is 0.0954. The standard InChI is InChI=1S/C19H22N4O2S/c1-12-15-18(21-11-23(4)19(15)25)26-16(12)17(24)20-9-13-7-5-6-8-14(13)10-22(2)3/h5-8,11H,9-10H2,1-4H3,(H,20,24). The van der Waals surface area contributed by atoms with Crippen molar-refractivity contribution in [2.45, 2.75) is 20.0 Å². The molecule has 1 aromatic carbocycles. The zero-order valence-corrected chi connectivity index (χ0v) is 16.2. The molecule has 1 amide bonds. The van der Waals surface area contributed by atoms with Gasteiger partial charge in [-0.1, -0.05) is 24.3 Å². The first kappa shape index (κ1) is 18.3. The number of hydrogen-bond acceptors (Lipinski definition) is 5. The summed E-state index contributed by atoms with van der Waals surface area (Å²) < 4.78 is 1.43. The Balaban J connectivity index is 1.84. The van der Waals surface area contributed by atoms with Gasteiger partial charge in [-0.3, -0.25) is 9.59 Å². The molecule has 0 spiro atoms. The molecule has 0 saturated carbocycles. The Morgan fingerprint density at radius 1 is 1.27 bits per heavy atom. The maximum absolute atomic E-state index is 12.7. The Labute approximate surface area is 156 Å². The molecule has 136 valence electrons. The summed E-state index contributed by atoms with van der Waals surface area (Å²) in [6, 6.07) is 8.06. The minimum atomic E-state index is -0.174. The molecule has 26 heavy (non-hydrogen) atoms. The van der Waals surface area contributed by atoms with Crippen LogP contribution in [0.15, 0.2) is 35.4 Å². The minimum absolute atomic E-state index is 0.126. The zero-order valence-electron chi connectivity index (χ0n) is 15.4. The monoisotopic (exact) mass is 370 g/mol. The van der Waals surface area contributed by atoms with Gasteiger partial charge >= 0.3 is 0 Å². The fraction of sp³-hybridized carbons (Fsp3) is 0.316. The van der Waals surface area contributed by atoms with Crippen molar-refractivity contribution in [1.82, 2.24) is 19.8 Å². The van der Waals surface area contributed by atoms with E-state index in [9.17, 15) is 9.59 Å². The number of hydrogen-bond donors (Lipinski definition) is 1. The second-order valence-corrected chi connectivity index (χ2v) is 7.59. The van der Waals surface area contributed by atoms with Crippen molar-refractivity contribution >= 4 is 27.5 Å². The van der Waals surface area contributed by atoms with Gasteiger partial charge in [0.2, 0.25) is 0 Å². The molecule has 0 atom stereocenters. The lowest BCUT2D eigenvalue weighted by Gasteiger charge is -2.14. The smallest absolute Gasteiger partial charge is 0.262 e. The highest BCUT2D eigenvalue weighted by Gasteiger charge is 2.19. The molecule has 0 unspecified atom stereocenters. The quantitative estimate of drug-likeness (QED) is 0.748. The first-order valence-electron chi connectivity index (χ1n) is 8.33. The molecule has 0 aliphatic heterocycles. The fourth-order valence-electron chi connectivity index (χ4n) is 2.91. The molecule has 0 saturated heterocycles. The normalized spacial score (nSPS) is 11.3. The summed E-state index contributed by atoms with van der Waals surface area (Å²) in [6.07, 6.45) is 1.49. The topological polar surface area (TPSA) is 67.2 Å². The van der Waals surface area contributed by atoms with Gasteiger partial charge in [0.1, 0.15) is 4.83 Å². The van der Waals surface area contributed by atoms with Gasteiger partial charge < -0.3 is 14.8 Å². The van der Waals surface area contributed by atoms with Crippen LogP contribution in [-0.4, -0.2) is 34.5 Å². The van der Waals surface area contributed by atoms with E-state index in [1.165, 1.54) is 27.8 Å². The molecular weight excluding hydrogens is 348 g/mol. The fourth-order valence-corrected chi connectivity index (χ4v) is 3.96. The van der Waals surface area contributed by atoms with Gasteiger partial charge in [0.05, 0.1) is 16.6 Å². The van der Waals surface area contributed by atoms with E-state index in [1.807, 2.05) is 32.3 Å². The number of amides is 1. The molecular formula is C19H22N4O2S. The van der Waals surface area contributed by atoms with Gasteiger partial charge in [-0.05, 0) is 37.7 Å². The van der Waals surface area contributed by atoms with Gasteiger partial charge in [-0.15, -0.1) is 11.3 Å². The third kappa shape index (κ3) is 3.54. The maximum Gasteiger partial charge on any atom is 0.262 e. The van der Waals surface area contributed by atoms with Crippen molar-refractivity contribution in [1.29, 1.82) is 0 Å². The van der Waals surface area contributed by atoms with E-state index in [-0.39, 0.29) is 11.5 Å². The summed E-state index contributed by atoms with van der Waals surface area (Å²) in [6.45, 7) is 3.06. The Morgan fingerprint density at radius 3 is 2.65 bits per heavy atom. The van der Waals surface area contributed by atoms with Crippen molar-refractivity contribution in [2.24, 2.45) is 7.05 Å². The van der Waals surface area contributed by atoms with E-state index < -0.39 is 0 Å². The highest BCUT2D eigenvalue weighted by atomic mass is 32.1. The van der Waals surface area contributed by atoms with Crippen LogP contribution < -0.4 is 10.9 Å². The molecule has 3 rings (SSSR count). The second kappa shape index (κ2) is 7.39. The summed E-state index contributed by atoms with van der Waals surface area (Å²) in [5, 5.41) is 3.51. The molecule has 1 N–H and O–H groups in total. The Morgan fingerprint density at radius 2 is 1.96 bits per heavy atom. The van der Waals surface area contributed by atoms with Crippen LogP contribution in [0, 0.1) is 6.92 Å². The van der Waals surface area contributed by atoms with Gasteiger partial charge in [-0.25, -0.2) is 4.98 Å². The number of carbonyl (C=O) groups excluding carboxylic acids is 1. The van der Waals surface area contributed by atoms with Gasteiger partial charge in [0, 0.05) is 20.1 Å². The number of nitrogens with zero attached hydrogens (tertiary/aromatic N) is 3. The highest BCUT2D eigenvalue weighted by Crippen LogP contribution is 2.26. The first-order chi connectivity index (χ1) is 12.4.